The van der Waals surface area contributed by atoms with Crippen LogP contribution in [-0.4, -0.2) is 37.9 Å². The highest BCUT2D eigenvalue weighted by atomic mass is 79.9. The summed E-state index contributed by atoms with van der Waals surface area (Å²) in [6.07, 6.45) is 5.15. The Morgan fingerprint density at radius 1 is 1.57 bits per heavy atom. The lowest BCUT2D eigenvalue weighted by molar-refractivity contribution is -0.131. The highest BCUT2D eigenvalue weighted by Gasteiger charge is 2.21. The number of carboxylic acids is 1. The summed E-state index contributed by atoms with van der Waals surface area (Å²) in [7, 11) is 1.74. The molecule has 1 N–H and O–H groups in total. The lowest BCUT2D eigenvalue weighted by Gasteiger charge is -2.35. The van der Waals surface area contributed by atoms with Crippen LogP contribution in [0.2, 0.25) is 0 Å². The maximum atomic E-state index is 10.8. The molecule has 4 nitrogen and oxygen atoms in total. The first-order chi connectivity index (χ1) is 10.1. The molecule has 1 unspecified atom stereocenters. The molecule has 21 heavy (non-hydrogen) atoms. The van der Waals surface area contributed by atoms with Crippen LogP contribution in [0.15, 0.2) is 28.7 Å². The van der Waals surface area contributed by atoms with Crippen molar-refractivity contribution in [2.75, 3.05) is 31.7 Å². The van der Waals surface area contributed by atoms with Crippen LogP contribution < -0.4 is 4.90 Å². The summed E-state index contributed by atoms with van der Waals surface area (Å²) in [5.41, 5.74) is 2.00. The zero-order chi connectivity index (χ0) is 15.2. The van der Waals surface area contributed by atoms with Crippen LogP contribution in [0.3, 0.4) is 0 Å². The number of methoxy groups -OCH3 is 1. The summed E-state index contributed by atoms with van der Waals surface area (Å²) < 4.78 is 6.21. The van der Waals surface area contributed by atoms with Gasteiger partial charge in [-0.1, -0.05) is 15.9 Å². The van der Waals surface area contributed by atoms with E-state index in [0.717, 1.165) is 41.8 Å². The molecule has 1 fully saturated rings. The molecule has 2 rings (SSSR count). The zero-order valence-electron chi connectivity index (χ0n) is 12.1. The molecule has 0 spiro atoms. The van der Waals surface area contributed by atoms with Crippen LogP contribution in [-0.2, 0) is 9.53 Å². The van der Waals surface area contributed by atoms with E-state index >= 15 is 0 Å². The van der Waals surface area contributed by atoms with Gasteiger partial charge in [-0.2, -0.15) is 0 Å². The topological polar surface area (TPSA) is 49.8 Å². The van der Waals surface area contributed by atoms with Gasteiger partial charge in [0.2, 0.25) is 0 Å². The van der Waals surface area contributed by atoms with Crippen molar-refractivity contribution in [3.05, 3.63) is 34.3 Å². The van der Waals surface area contributed by atoms with E-state index in [-0.39, 0.29) is 0 Å². The van der Waals surface area contributed by atoms with Gasteiger partial charge in [0.1, 0.15) is 0 Å². The molecule has 1 aromatic rings. The van der Waals surface area contributed by atoms with Gasteiger partial charge in [0.15, 0.2) is 0 Å². The second kappa shape index (κ2) is 7.61. The quantitative estimate of drug-likeness (QED) is 0.824. The highest BCUT2D eigenvalue weighted by molar-refractivity contribution is 9.10. The number of hydrogen-bond donors (Lipinski definition) is 1. The Bertz CT molecular complexity index is 528. The molecule has 0 aliphatic carbocycles. The van der Waals surface area contributed by atoms with E-state index in [9.17, 15) is 4.79 Å². The predicted molar refractivity (Wildman–Crippen MR) is 87.6 cm³/mol. The van der Waals surface area contributed by atoms with E-state index in [1.807, 2.05) is 18.2 Å². The van der Waals surface area contributed by atoms with E-state index in [1.54, 1.807) is 13.2 Å². The van der Waals surface area contributed by atoms with Crippen molar-refractivity contribution in [3.8, 4) is 0 Å². The summed E-state index contributed by atoms with van der Waals surface area (Å²) in [6.45, 7) is 2.71. The fourth-order valence-corrected chi connectivity index (χ4v) is 3.14. The van der Waals surface area contributed by atoms with Crippen molar-refractivity contribution >= 4 is 33.7 Å². The van der Waals surface area contributed by atoms with Crippen molar-refractivity contribution < 1.29 is 14.6 Å². The van der Waals surface area contributed by atoms with E-state index in [1.165, 1.54) is 12.5 Å². The second-order valence-corrected chi connectivity index (χ2v) is 6.20. The first-order valence-corrected chi connectivity index (χ1v) is 7.84. The third-order valence-electron chi connectivity index (χ3n) is 3.66. The van der Waals surface area contributed by atoms with Gasteiger partial charge in [0, 0.05) is 36.4 Å². The number of ether oxygens (including phenoxy) is 1. The fourth-order valence-electron chi connectivity index (χ4n) is 2.76. The minimum absolute atomic E-state index is 0.531. The lowest BCUT2D eigenvalue weighted by Crippen LogP contribution is -2.37. The van der Waals surface area contributed by atoms with Gasteiger partial charge in [-0.25, -0.2) is 4.79 Å². The summed E-state index contributed by atoms with van der Waals surface area (Å²) in [5, 5.41) is 8.83. The SMILES string of the molecule is COCC1CCCN(c2ccc(Br)cc2/C=C/C(=O)O)C1. The molecule has 114 valence electrons. The molecular weight excluding hydrogens is 334 g/mol. The summed E-state index contributed by atoms with van der Waals surface area (Å²) in [4.78, 5) is 13.1. The van der Waals surface area contributed by atoms with Gasteiger partial charge in [0.25, 0.3) is 0 Å². The standard InChI is InChI=1S/C16H20BrNO3/c1-21-11-12-3-2-8-18(10-12)15-6-5-14(17)9-13(15)4-7-16(19)20/h4-7,9,12H,2-3,8,10-11H2,1H3,(H,19,20)/b7-4+. The maximum absolute atomic E-state index is 10.8. The molecule has 1 aromatic carbocycles. The van der Waals surface area contributed by atoms with E-state index < -0.39 is 5.97 Å². The maximum Gasteiger partial charge on any atom is 0.328 e. The molecular formula is C16H20BrNO3. The van der Waals surface area contributed by atoms with Gasteiger partial charge in [-0.05, 0) is 48.6 Å². The number of halogens is 1. The number of rotatable bonds is 5. The third kappa shape index (κ3) is 4.58. The second-order valence-electron chi connectivity index (χ2n) is 5.28. The average molecular weight is 354 g/mol. The smallest absolute Gasteiger partial charge is 0.328 e. The van der Waals surface area contributed by atoms with Crippen molar-refractivity contribution in [2.24, 2.45) is 5.92 Å². The number of aliphatic carboxylic acids is 1. The zero-order valence-corrected chi connectivity index (χ0v) is 13.7. The Kier molecular flexibility index (Phi) is 5.82. The number of carboxylic acid groups (broad SMARTS) is 1. The number of benzene rings is 1. The molecule has 0 amide bonds. The van der Waals surface area contributed by atoms with Gasteiger partial charge < -0.3 is 14.7 Å². The number of hydrogen-bond acceptors (Lipinski definition) is 3. The van der Waals surface area contributed by atoms with Gasteiger partial charge in [-0.15, -0.1) is 0 Å². The molecule has 1 aliphatic rings. The van der Waals surface area contributed by atoms with E-state index in [4.69, 9.17) is 9.84 Å². The van der Waals surface area contributed by atoms with Crippen molar-refractivity contribution in [1.29, 1.82) is 0 Å². The van der Waals surface area contributed by atoms with Crippen LogP contribution in [0.1, 0.15) is 18.4 Å². The molecule has 5 heteroatoms. The molecule has 0 aromatic heterocycles. The van der Waals surface area contributed by atoms with Crippen molar-refractivity contribution in [3.63, 3.8) is 0 Å². The Morgan fingerprint density at radius 3 is 3.10 bits per heavy atom. The summed E-state index contributed by atoms with van der Waals surface area (Å²) in [6, 6.07) is 5.99. The minimum atomic E-state index is -0.933. The Balaban J connectivity index is 2.23. The third-order valence-corrected chi connectivity index (χ3v) is 4.15. The van der Waals surface area contributed by atoms with Crippen LogP contribution in [0.4, 0.5) is 5.69 Å². The number of anilines is 1. The predicted octanol–water partition coefficient (Wildman–Crippen LogP) is 3.41. The Morgan fingerprint density at radius 2 is 2.38 bits per heavy atom. The van der Waals surface area contributed by atoms with Gasteiger partial charge in [-0.3, -0.25) is 0 Å². The molecule has 0 radical (unpaired) electrons. The normalized spacial score (nSPS) is 19.1. The van der Waals surface area contributed by atoms with Crippen molar-refractivity contribution in [1.82, 2.24) is 0 Å². The summed E-state index contributed by atoms with van der Waals surface area (Å²) in [5.74, 6) is -0.402. The lowest BCUT2D eigenvalue weighted by atomic mass is 9.97. The number of nitrogens with zero attached hydrogens (tertiary/aromatic N) is 1. The highest BCUT2D eigenvalue weighted by Crippen LogP contribution is 2.29. The summed E-state index contributed by atoms with van der Waals surface area (Å²) >= 11 is 3.44. The van der Waals surface area contributed by atoms with Gasteiger partial charge in [0.05, 0.1) is 6.61 Å². The van der Waals surface area contributed by atoms with E-state index in [0.29, 0.717) is 5.92 Å². The van der Waals surface area contributed by atoms with Gasteiger partial charge >= 0.3 is 5.97 Å². The fraction of sp³-hybridized carbons (Fsp3) is 0.438. The Hall–Kier alpha value is -1.33. The van der Waals surface area contributed by atoms with Crippen molar-refractivity contribution in [2.45, 2.75) is 12.8 Å². The van der Waals surface area contributed by atoms with E-state index in [2.05, 4.69) is 20.8 Å². The first kappa shape index (κ1) is 16.0. The minimum Gasteiger partial charge on any atom is -0.478 e. The molecule has 0 saturated carbocycles. The number of carbonyl (C=O) groups is 1. The molecule has 1 atom stereocenters. The van der Waals surface area contributed by atoms with Crippen LogP contribution >= 0.6 is 15.9 Å². The first-order valence-electron chi connectivity index (χ1n) is 7.04. The Labute approximate surface area is 133 Å². The molecule has 1 saturated heterocycles. The average Bonchev–Trinajstić information content (AvgIpc) is 2.46. The molecule has 1 aliphatic heterocycles. The number of piperidine rings is 1. The monoisotopic (exact) mass is 353 g/mol. The molecule has 1 heterocycles. The van der Waals surface area contributed by atoms with Crippen LogP contribution in [0.5, 0.6) is 0 Å². The molecule has 0 bridgehead atoms. The van der Waals surface area contributed by atoms with Crippen LogP contribution in [0, 0.1) is 5.92 Å². The van der Waals surface area contributed by atoms with Crippen LogP contribution in [0.25, 0.3) is 6.08 Å². The largest absolute Gasteiger partial charge is 0.478 e.